The average Bonchev–Trinajstić information content (AvgIpc) is 2.65. The van der Waals surface area contributed by atoms with Gasteiger partial charge in [-0.1, -0.05) is 0 Å². The van der Waals surface area contributed by atoms with Crippen LogP contribution in [0.3, 0.4) is 0 Å². The molecule has 0 spiro atoms. The van der Waals surface area contributed by atoms with Crippen molar-refractivity contribution in [2.45, 2.75) is 9.79 Å². The third kappa shape index (κ3) is 5.52. The summed E-state index contributed by atoms with van der Waals surface area (Å²) in [6, 6.07) is 8.96. The maximum atomic E-state index is 12.3. The van der Waals surface area contributed by atoms with E-state index in [9.17, 15) is 28.1 Å². The third-order valence-electron chi connectivity index (χ3n) is 3.43. The second-order valence-corrected chi connectivity index (χ2v) is 7.91. The molecule has 12 heteroatoms. The van der Waals surface area contributed by atoms with Crippen LogP contribution in [-0.2, 0) is 19.6 Å². The van der Waals surface area contributed by atoms with Gasteiger partial charge in [0.1, 0.15) is 0 Å². The summed E-state index contributed by atoms with van der Waals surface area (Å²) in [4.78, 5) is 34.3. The lowest BCUT2D eigenvalue weighted by Crippen LogP contribution is -2.14. The van der Waals surface area contributed by atoms with E-state index >= 15 is 0 Å². The van der Waals surface area contributed by atoms with Gasteiger partial charge in [-0.3, -0.25) is 19.7 Å². The zero-order chi connectivity index (χ0) is 20.9. The van der Waals surface area contributed by atoms with Crippen molar-refractivity contribution in [2.75, 3.05) is 18.2 Å². The molecular weight excluding hydrogens is 410 g/mol. The summed E-state index contributed by atoms with van der Waals surface area (Å²) < 4.78 is 27.0. The Kier molecular flexibility index (Phi) is 6.72. The summed E-state index contributed by atoms with van der Waals surface area (Å²) >= 11 is 0.920. The molecule has 1 amide bonds. The molecule has 3 N–H and O–H groups in total. The zero-order valence-corrected chi connectivity index (χ0v) is 16.1. The minimum Gasteiger partial charge on any atom is -0.468 e. The number of carbonyl (C=O) groups excluding carboxylic acids is 2. The number of nitro benzene ring substituents is 1. The maximum Gasteiger partial charge on any atom is 0.315 e. The van der Waals surface area contributed by atoms with E-state index in [-0.39, 0.29) is 32.5 Å². The van der Waals surface area contributed by atoms with Gasteiger partial charge in [0.25, 0.3) is 11.6 Å². The Labute approximate surface area is 164 Å². The van der Waals surface area contributed by atoms with Gasteiger partial charge in [0.2, 0.25) is 10.0 Å². The number of rotatable bonds is 7. The predicted molar refractivity (Wildman–Crippen MR) is 102 cm³/mol. The standard InChI is InChI=1S/C16H15N3O7S2/c1-26-15(20)9-27-14-7-2-10(8-13(14)19(22)23)16(21)18-11-3-5-12(6-4-11)28(17,24)25/h2-8H,9H2,1H3,(H,18,21)(H2,17,24,25). The second kappa shape index (κ2) is 8.82. The Morgan fingerprint density at radius 3 is 2.39 bits per heavy atom. The number of benzene rings is 2. The number of hydrogen-bond acceptors (Lipinski definition) is 8. The SMILES string of the molecule is COC(=O)CSc1ccc(C(=O)Nc2ccc(S(N)(=O)=O)cc2)cc1[N+](=O)[O-]. The summed E-state index contributed by atoms with van der Waals surface area (Å²) in [6.45, 7) is 0. The van der Waals surface area contributed by atoms with Crippen LogP contribution in [-0.4, -0.2) is 38.1 Å². The second-order valence-electron chi connectivity index (χ2n) is 5.33. The molecular formula is C16H15N3O7S2. The molecule has 2 aromatic carbocycles. The number of nitrogens with two attached hydrogens (primary N) is 1. The molecule has 0 saturated carbocycles. The van der Waals surface area contributed by atoms with Crippen LogP contribution in [0.25, 0.3) is 0 Å². The van der Waals surface area contributed by atoms with Gasteiger partial charge in [-0.15, -0.1) is 11.8 Å². The summed E-state index contributed by atoms with van der Waals surface area (Å²) in [6.07, 6.45) is 0. The van der Waals surface area contributed by atoms with Crippen LogP contribution in [0.15, 0.2) is 52.3 Å². The Hall–Kier alpha value is -2.96. The molecule has 0 heterocycles. The number of thioether (sulfide) groups is 1. The fraction of sp³-hybridized carbons (Fsp3) is 0.125. The highest BCUT2D eigenvalue weighted by atomic mass is 32.2. The molecule has 148 valence electrons. The van der Waals surface area contributed by atoms with Gasteiger partial charge in [-0.2, -0.15) is 0 Å². The van der Waals surface area contributed by atoms with E-state index < -0.39 is 26.8 Å². The molecule has 0 aliphatic rings. The van der Waals surface area contributed by atoms with Gasteiger partial charge in [0, 0.05) is 17.3 Å². The Morgan fingerprint density at radius 2 is 1.86 bits per heavy atom. The number of carbonyl (C=O) groups is 2. The summed E-state index contributed by atoms with van der Waals surface area (Å²) in [7, 11) is -2.65. The fourth-order valence-electron chi connectivity index (χ4n) is 2.05. The molecule has 0 unspecified atom stereocenters. The summed E-state index contributed by atoms with van der Waals surface area (Å²) in [5.74, 6) is -1.28. The molecule has 0 aliphatic carbocycles. The highest BCUT2D eigenvalue weighted by Crippen LogP contribution is 2.30. The van der Waals surface area contributed by atoms with Gasteiger partial charge >= 0.3 is 5.97 Å². The van der Waals surface area contributed by atoms with Crippen LogP contribution < -0.4 is 10.5 Å². The topological polar surface area (TPSA) is 159 Å². The number of esters is 1. The molecule has 2 aromatic rings. The van der Waals surface area contributed by atoms with Crippen molar-refractivity contribution in [3.8, 4) is 0 Å². The first-order valence-corrected chi connectivity index (χ1v) is 10.1. The third-order valence-corrected chi connectivity index (χ3v) is 5.40. The summed E-state index contributed by atoms with van der Waals surface area (Å²) in [5.41, 5.74) is -0.0278. The first-order valence-electron chi connectivity index (χ1n) is 7.54. The van der Waals surface area contributed by atoms with Gasteiger partial charge in [0.15, 0.2) is 0 Å². The summed E-state index contributed by atoms with van der Waals surface area (Å²) in [5, 5.41) is 18.8. The van der Waals surface area contributed by atoms with Crippen molar-refractivity contribution in [3.63, 3.8) is 0 Å². The molecule has 28 heavy (non-hydrogen) atoms. The van der Waals surface area contributed by atoms with Gasteiger partial charge in [-0.05, 0) is 36.4 Å². The number of amides is 1. The Bertz CT molecular complexity index is 1020. The predicted octanol–water partition coefficient (Wildman–Crippen LogP) is 1.76. The van der Waals surface area contributed by atoms with Crippen molar-refractivity contribution in [2.24, 2.45) is 5.14 Å². The minimum absolute atomic E-state index is 0.0182. The fourth-order valence-corrected chi connectivity index (χ4v) is 3.40. The van der Waals surface area contributed by atoms with Gasteiger partial charge in [0.05, 0.1) is 27.6 Å². The van der Waals surface area contributed by atoms with Crippen molar-refractivity contribution < 1.29 is 27.7 Å². The number of nitrogens with zero attached hydrogens (tertiary/aromatic N) is 1. The number of hydrogen-bond donors (Lipinski definition) is 2. The van der Waals surface area contributed by atoms with Crippen LogP contribution >= 0.6 is 11.8 Å². The lowest BCUT2D eigenvalue weighted by Gasteiger charge is -2.08. The highest BCUT2D eigenvalue weighted by molar-refractivity contribution is 8.00. The molecule has 0 bridgehead atoms. The van der Waals surface area contributed by atoms with Crippen molar-refractivity contribution in [1.82, 2.24) is 0 Å². The van der Waals surface area contributed by atoms with Gasteiger partial charge in [-0.25, -0.2) is 13.6 Å². The van der Waals surface area contributed by atoms with Crippen molar-refractivity contribution in [3.05, 3.63) is 58.1 Å². The minimum atomic E-state index is -3.86. The van der Waals surface area contributed by atoms with E-state index in [0.29, 0.717) is 0 Å². The quantitative estimate of drug-likeness (QED) is 0.294. The van der Waals surface area contributed by atoms with Crippen LogP contribution in [0, 0.1) is 10.1 Å². The Morgan fingerprint density at radius 1 is 1.21 bits per heavy atom. The average molecular weight is 425 g/mol. The molecule has 0 aromatic heterocycles. The number of nitrogens with one attached hydrogen (secondary N) is 1. The van der Waals surface area contributed by atoms with E-state index in [1.54, 1.807) is 0 Å². The van der Waals surface area contributed by atoms with Gasteiger partial charge < -0.3 is 10.1 Å². The first-order chi connectivity index (χ1) is 13.1. The molecule has 0 radical (unpaired) electrons. The smallest absolute Gasteiger partial charge is 0.315 e. The van der Waals surface area contributed by atoms with E-state index in [1.807, 2.05) is 0 Å². The van der Waals surface area contributed by atoms with E-state index in [0.717, 1.165) is 17.8 Å². The van der Waals surface area contributed by atoms with E-state index in [2.05, 4.69) is 10.1 Å². The largest absolute Gasteiger partial charge is 0.468 e. The Balaban J connectivity index is 2.20. The highest BCUT2D eigenvalue weighted by Gasteiger charge is 2.19. The van der Waals surface area contributed by atoms with Crippen LogP contribution in [0.4, 0.5) is 11.4 Å². The van der Waals surface area contributed by atoms with E-state index in [1.165, 1.54) is 43.5 Å². The normalized spacial score (nSPS) is 10.9. The molecule has 10 nitrogen and oxygen atoms in total. The first kappa shape index (κ1) is 21.3. The number of methoxy groups -OCH3 is 1. The molecule has 0 aliphatic heterocycles. The monoisotopic (exact) mass is 425 g/mol. The molecule has 0 saturated heterocycles. The number of primary sulfonamides is 1. The molecule has 0 fully saturated rings. The lowest BCUT2D eigenvalue weighted by molar-refractivity contribution is -0.387. The number of anilines is 1. The molecule has 0 atom stereocenters. The zero-order valence-electron chi connectivity index (χ0n) is 14.4. The van der Waals surface area contributed by atoms with Crippen LogP contribution in [0.5, 0.6) is 0 Å². The van der Waals surface area contributed by atoms with Crippen molar-refractivity contribution >= 4 is 45.0 Å². The number of ether oxygens (including phenoxy) is 1. The number of sulfonamides is 1. The number of nitro groups is 1. The van der Waals surface area contributed by atoms with Crippen molar-refractivity contribution in [1.29, 1.82) is 0 Å². The van der Waals surface area contributed by atoms with E-state index in [4.69, 9.17) is 5.14 Å². The maximum absolute atomic E-state index is 12.3. The lowest BCUT2D eigenvalue weighted by atomic mass is 10.2. The molecule has 2 rings (SSSR count). The van der Waals surface area contributed by atoms with Crippen LogP contribution in [0.2, 0.25) is 0 Å². The van der Waals surface area contributed by atoms with Crippen LogP contribution in [0.1, 0.15) is 10.4 Å².